The number of rotatable bonds is 3. The van der Waals surface area contributed by atoms with Crippen LogP contribution in [0, 0.1) is 17.0 Å². The lowest BCUT2D eigenvalue weighted by Gasteiger charge is -2.09. The van der Waals surface area contributed by atoms with E-state index in [4.69, 9.17) is 23.2 Å². The highest BCUT2D eigenvalue weighted by molar-refractivity contribution is 6.42. The number of hydrogen-bond acceptors (Lipinski definition) is 3. The van der Waals surface area contributed by atoms with E-state index in [9.17, 15) is 14.9 Å². The van der Waals surface area contributed by atoms with Crippen molar-refractivity contribution in [1.29, 1.82) is 0 Å². The average molecular weight is 325 g/mol. The fraction of sp³-hybridized carbons (Fsp3) is 0.0714. The molecule has 0 spiro atoms. The zero-order chi connectivity index (χ0) is 15.6. The van der Waals surface area contributed by atoms with Crippen molar-refractivity contribution < 1.29 is 9.72 Å². The number of aryl methyl sites for hydroxylation is 1. The van der Waals surface area contributed by atoms with Crippen LogP contribution in [0.1, 0.15) is 15.9 Å². The van der Waals surface area contributed by atoms with Gasteiger partial charge in [0.15, 0.2) is 0 Å². The van der Waals surface area contributed by atoms with Gasteiger partial charge in [-0.05, 0) is 30.7 Å². The predicted octanol–water partition coefficient (Wildman–Crippen LogP) is 4.46. The van der Waals surface area contributed by atoms with Crippen LogP contribution in [0.25, 0.3) is 0 Å². The SMILES string of the molecule is Cc1cccc([N+](=O)[O-])c1NC(=O)c1ccc(Cl)c(Cl)c1. The summed E-state index contributed by atoms with van der Waals surface area (Å²) in [5.74, 6) is -0.494. The molecule has 5 nitrogen and oxygen atoms in total. The molecule has 0 aliphatic carbocycles. The monoisotopic (exact) mass is 324 g/mol. The Hall–Kier alpha value is -2.11. The number of carbonyl (C=O) groups is 1. The number of hydrogen-bond donors (Lipinski definition) is 1. The molecule has 2 aromatic carbocycles. The third-order valence-corrected chi connectivity index (χ3v) is 3.61. The first-order valence-corrected chi connectivity index (χ1v) is 6.66. The molecule has 0 radical (unpaired) electrons. The number of anilines is 1. The maximum absolute atomic E-state index is 12.2. The van der Waals surface area contributed by atoms with Crippen LogP contribution in [0.4, 0.5) is 11.4 Å². The van der Waals surface area contributed by atoms with Crippen LogP contribution < -0.4 is 5.32 Å². The second kappa shape index (κ2) is 6.11. The molecule has 0 fully saturated rings. The summed E-state index contributed by atoms with van der Waals surface area (Å²) in [5.41, 5.74) is 0.863. The van der Waals surface area contributed by atoms with E-state index in [-0.39, 0.29) is 22.0 Å². The lowest BCUT2D eigenvalue weighted by Crippen LogP contribution is -2.14. The minimum Gasteiger partial charge on any atom is -0.316 e. The molecule has 7 heteroatoms. The van der Waals surface area contributed by atoms with E-state index < -0.39 is 10.8 Å². The normalized spacial score (nSPS) is 10.2. The Bertz CT molecular complexity index is 732. The standard InChI is InChI=1S/C14H10Cl2N2O3/c1-8-3-2-4-12(18(20)21)13(8)17-14(19)9-5-6-10(15)11(16)7-9/h2-7H,1H3,(H,17,19). The highest BCUT2D eigenvalue weighted by Gasteiger charge is 2.18. The van der Waals surface area contributed by atoms with Gasteiger partial charge in [0.25, 0.3) is 11.6 Å². The van der Waals surface area contributed by atoms with E-state index in [2.05, 4.69) is 5.32 Å². The largest absolute Gasteiger partial charge is 0.316 e. The number of nitrogens with one attached hydrogen (secondary N) is 1. The van der Waals surface area contributed by atoms with E-state index in [1.165, 1.54) is 24.3 Å². The average Bonchev–Trinajstić information content (AvgIpc) is 2.43. The lowest BCUT2D eigenvalue weighted by atomic mass is 10.1. The minimum absolute atomic E-state index is 0.164. The molecule has 0 bridgehead atoms. The third kappa shape index (κ3) is 3.32. The molecule has 0 aromatic heterocycles. The summed E-state index contributed by atoms with van der Waals surface area (Å²) < 4.78 is 0. The van der Waals surface area contributed by atoms with Gasteiger partial charge in [0.05, 0.1) is 15.0 Å². The Morgan fingerprint density at radius 3 is 2.52 bits per heavy atom. The summed E-state index contributed by atoms with van der Waals surface area (Å²) in [5, 5.41) is 14.1. The van der Waals surface area contributed by atoms with Crippen LogP contribution in [0.3, 0.4) is 0 Å². The number of halogens is 2. The van der Waals surface area contributed by atoms with Crippen LogP contribution in [-0.4, -0.2) is 10.8 Å². The van der Waals surface area contributed by atoms with Crippen LogP contribution in [0.15, 0.2) is 36.4 Å². The van der Waals surface area contributed by atoms with Gasteiger partial charge in [0, 0.05) is 11.6 Å². The first-order valence-electron chi connectivity index (χ1n) is 5.90. The Kier molecular flexibility index (Phi) is 4.45. The topological polar surface area (TPSA) is 72.2 Å². The van der Waals surface area contributed by atoms with Gasteiger partial charge in [0.2, 0.25) is 0 Å². The van der Waals surface area contributed by atoms with E-state index >= 15 is 0 Å². The molecular formula is C14H10Cl2N2O3. The molecule has 0 aliphatic rings. The zero-order valence-electron chi connectivity index (χ0n) is 10.9. The number of nitrogens with zero attached hydrogens (tertiary/aromatic N) is 1. The van der Waals surface area contributed by atoms with Gasteiger partial charge in [-0.1, -0.05) is 35.3 Å². The van der Waals surface area contributed by atoms with Crippen molar-refractivity contribution in [2.24, 2.45) is 0 Å². The summed E-state index contributed by atoms with van der Waals surface area (Å²) in [6, 6.07) is 8.96. The molecule has 0 saturated heterocycles. The zero-order valence-corrected chi connectivity index (χ0v) is 12.4. The summed E-state index contributed by atoms with van der Waals surface area (Å²) in [6.07, 6.45) is 0. The Balaban J connectivity index is 2.36. The summed E-state index contributed by atoms with van der Waals surface area (Å²) >= 11 is 11.6. The van der Waals surface area contributed by atoms with Crippen molar-refractivity contribution in [2.45, 2.75) is 6.92 Å². The van der Waals surface area contributed by atoms with Gasteiger partial charge >= 0.3 is 0 Å². The first-order chi connectivity index (χ1) is 9.90. The Morgan fingerprint density at radius 1 is 1.19 bits per heavy atom. The van der Waals surface area contributed by atoms with Crippen molar-refractivity contribution in [3.63, 3.8) is 0 Å². The molecule has 0 heterocycles. The molecule has 1 N–H and O–H groups in total. The number of amides is 1. The van der Waals surface area contributed by atoms with E-state index in [1.54, 1.807) is 19.1 Å². The molecule has 2 aromatic rings. The molecule has 108 valence electrons. The third-order valence-electron chi connectivity index (χ3n) is 2.87. The van der Waals surface area contributed by atoms with Crippen LogP contribution in [-0.2, 0) is 0 Å². The fourth-order valence-corrected chi connectivity index (χ4v) is 2.09. The van der Waals surface area contributed by atoms with Gasteiger partial charge < -0.3 is 5.32 Å². The van der Waals surface area contributed by atoms with Gasteiger partial charge in [-0.2, -0.15) is 0 Å². The molecule has 0 unspecified atom stereocenters. The number of benzene rings is 2. The first kappa shape index (κ1) is 15.3. The number of nitro groups is 1. The van der Waals surface area contributed by atoms with E-state index in [1.807, 2.05) is 0 Å². The molecule has 0 atom stereocenters. The van der Waals surface area contributed by atoms with Crippen molar-refractivity contribution >= 4 is 40.5 Å². The summed E-state index contributed by atoms with van der Waals surface area (Å²) in [6.45, 7) is 1.68. The second-order valence-corrected chi connectivity index (χ2v) is 5.12. The van der Waals surface area contributed by atoms with E-state index in [0.29, 0.717) is 10.6 Å². The summed E-state index contributed by atoms with van der Waals surface area (Å²) in [7, 11) is 0. The number of nitro benzene ring substituents is 1. The maximum atomic E-state index is 12.2. The fourth-order valence-electron chi connectivity index (χ4n) is 1.79. The van der Waals surface area contributed by atoms with Crippen molar-refractivity contribution in [1.82, 2.24) is 0 Å². The van der Waals surface area contributed by atoms with Gasteiger partial charge in [-0.15, -0.1) is 0 Å². The van der Waals surface area contributed by atoms with Crippen molar-refractivity contribution in [3.8, 4) is 0 Å². The van der Waals surface area contributed by atoms with Crippen molar-refractivity contribution in [3.05, 3.63) is 67.7 Å². The minimum atomic E-state index is -0.544. The Labute approximate surface area is 130 Å². The lowest BCUT2D eigenvalue weighted by molar-refractivity contribution is -0.383. The highest BCUT2D eigenvalue weighted by Crippen LogP contribution is 2.29. The summed E-state index contributed by atoms with van der Waals surface area (Å²) in [4.78, 5) is 22.6. The van der Waals surface area contributed by atoms with Crippen LogP contribution in [0.2, 0.25) is 10.0 Å². The molecule has 1 amide bonds. The molecule has 2 rings (SSSR count). The quantitative estimate of drug-likeness (QED) is 0.669. The van der Waals surface area contributed by atoms with Crippen LogP contribution in [0.5, 0.6) is 0 Å². The Morgan fingerprint density at radius 2 is 1.90 bits per heavy atom. The predicted molar refractivity (Wildman–Crippen MR) is 82.2 cm³/mol. The number of para-hydroxylation sites is 1. The van der Waals surface area contributed by atoms with E-state index in [0.717, 1.165) is 0 Å². The van der Waals surface area contributed by atoms with Gasteiger partial charge in [0.1, 0.15) is 5.69 Å². The van der Waals surface area contributed by atoms with Crippen molar-refractivity contribution in [2.75, 3.05) is 5.32 Å². The van der Waals surface area contributed by atoms with Crippen LogP contribution >= 0.6 is 23.2 Å². The van der Waals surface area contributed by atoms with Gasteiger partial charge in [-0.3, -0.25) is 14.9 Å². The number of carbonyl (C=O) groups excluding carboxylic acids is 1. The van der Waals surface area contributed by atoms with Gasteiger partial charge in [-0.25, -0.2) is 0 Å². The second-order valence-electron chi connectivity index (χ2n) is 4.31. The maximum Gasteiger partial charge on any atom is 0.293 e. The molecular weight excluding hydrogens is 315 g/mol. The smallest absolute Gasteiger partial charge is 0.293 e. The highest BCUT2D eigenvalue weighted by atomic mass is 35.5. The molecule has 0 saturated carbocycles. The molecule has 0 aliphatic heterocycles. The molecule has 21 heavy (non-hydrogen) atoms.